The number of amides is 1. The van der Waals surface area contributed by atoms with Gasteiger partial charge in [0, 0.05) is 6.04 Å². The number of nitrogens with one attached hydrogen (secondary N) is 1. The lowest BCUT2D eigenvalue weighted by Gasteiger charge is -2.29. The predicted octanol–water partition coefficient (Wildman–Crippen LogP) is 1.94. The van der Waals surface area contributed by atoms with Crippen LogP contribution < -0.4 is 5.32 Å². The number of carbonyl (C=O) groups excluding carboxylic acids is 1. The highest BCUT2D eigenvalue weighted by atomic mass is 16.4. The minimum absolute atomic E-state index is 0.196. The molecule has 2 N–H and O–H groups in total. The number of carboxylic acid groups (broad SMARTS) is 1. The fourth-order valence-corrected chi connectivity index (χ4v) is 2.70. The Hall–Kier alpha value is -1.06. The topological polar surface area (TPSA) is 66.4 Å². The first-order chi connectivity index (χ1) is 8.08. The monoisotopic (exact) mass is 239 g/mol. The maximum atomic E-state index is 11.9. The van der Waals surface area contributed by atoms with E-state index < -0.39 is 11.4 Å². The molecule has 0 aromatic rings. The molecule has 0 bridgehead atoms. The minimum Gasteiger partial charge on any atom is -0.480 e. The summed E-state index contributed by atoms with van der Waals surface area (Å²) in [5.41, 5.74) is -1.08. The van der Waals surface area contributed by atoms with Gasteiger partial charge in [0.2, 0.25) is 5.91 Å². The summed E-state index contributed by atoms with van der Waals surface area (Å²) in [5, 5.41) is 12.0. The van der Waals surface area contributed by atoms with E-state index in [1.54, 1.807) is 0 Å². The van der Waals surface area contributed by atoms with Gasteiger partial charge in [0.25, 0.3) is 0 Å². The van der Waals surface area contributed by atoms with E-state index in [1.165, 1.54) is 6.42 Å². The normalized spacial score (nSPS) is 30.6. The number of hydrogen-bond donors (Lipinski definition) is 2. The summed E-state index contributed by atoms with van der Waals surface area (Å²) in [5.74, 6) is -0.431. The highest BCUT2D eigenvalue weighted by molar-refractivity contribution is 6.04. The second-order valence-corrected chi connectivity index (χ2v) is 5.49. The summed E-state index contributed by atoms with van der Waals surface area (Å²) in [6, 6.07) is 0.196. The van der Waals surface area contributed by atoms with Crippen molar-refractivity contribution < 1.29 is 14.7 Å². The highest BCUT2D eigenvalue weighted by Gasteiger charge is 2.57. The molecule has 1 amide bonds. The zero-order valence-electron chi connectivity index (χ0n) is 10.4. The number of rotatable bonds is 4. The van der Waals surface area contributed by atoms with E-state index in [1.807, 2.05) is 0 Å². The van der Waals surface area contributed by atoms with Gasteiger partial charge in [-0.25, -0.2) is 0 Å². The SMILES string of the molecule is CCC1CCC(NC(=O)C2(C(=O)O)CC2)CC1. The standard InChI is InChI=1S/C13H21NO3/c1-2-9-3-5-10(6-4-9)14-11(15)13(7-8-13)12(16)17/h9-10H,2-8H2,1H3,(H,14,15)(H,16,17). The lowest BCUT2D eigenvalue weighted by Crippen LogP contribution is -2.44. The molecule has 0 saturated heterocycles. The van der Waals surface area contributed by atoms with Gasteiger partial charge < -0.3 is 10.4 Å². The Bertz CT molecular complexity index is 315. The molecule has 0 unspecified atom stereocenters. The molecule has 2 aliphatic carbocycles. The average molecular weight is 239 g/mol. The van der Waals surface area contributed by atoms with Crippen molar-refractivity contribution >= 4 is 11.9 Å². The molecule has 4 nitrogen and oxygen atoms in total. The van der Waals surface area contributed by atoms with Crippen molar-refractivity contribution in [1.82, 2.24) is 5.32 Å². The van der Waals surface area contributed by atoms with E-state index in [4.69, 9.17) is 5.11 Å². The fraction of sp³-hybridized carbons (Fsp3) is 0.846. The van der Waals surface area contributed by atoms with E-state index in [2.05, 4.69) is 12.2 Å². The van der Waals surface area contributed by atoms with E-state index in [-0.39, 0.29) is 11.9 Å². The average Bonchev–Trinajstić information content (AvgIpc) is 3.11. The molecule has 96 valence electrons. The van der Waals surface area contributed by atoms with Gasteiger partial charge in [0.15, 0.2) is 0 Å². The maximum absolute atomic E-state index is 11.9. The van der Waals surface area contributed by atoms with Crippen LogP contribution in [0.4, 0.5) is 0 Å². The Morgan fingerprint density at radius 2 is 1.82 bits per heavy atom. The smallest absolute Gasteiger partial charge is 0.319 e. The summed E-state index contributed by atoms with van der Waals surface area (Å²) >= 11 is 0. The molecule has 0 spiro atoms. The second-order valence-electron chi connectivity index (χ2n) is 5.49. The molecule has 0 aliphatic heterocycles. The van der Waals surface area contributed by atoms with Crippen LogP contribution in [0, 0.1) is 11.3 Å². The van der Waals surface area contributed by atoms with E-state index in [9.17, 15) is 9.59 Å². The van der Waals surface area contributed by atoms with Crippen LogP contribution in [0.3, 0.4) is 0 Å². The summed E-state index contributed by atoms with van der Waals surface area (Å²) in [6.45, 7) is 2.20. The van der Waals surface area contributed by atoms with E-state index in [0.29, 0.717) is 12.8 Å². The van der Waals surface area contributed by atoms with Crippen molar-refractivity contribution in [3.63, 3.8) is 0 Å². The van der Waals surface area contributed by atoms with Gasteiger partial charge >= 0.3 is 5.97 Å². The predicted molar refractivity (Wildman–Crippen MR) is 63.5 cm³/mol. The Morgan fingerprint density at radius 1 is 1.24 bits per heavy atom. The largest absolute Gasteiger partial charge is 0.480 e. The van der Waals surface area contributed by atoms with Gasteiger partial charge in [-0.2, -0.15) is 0 Å². The van der Waals surface area contributed by atoms with Crippen molar-refractivity contribution in [1.29, 1.82) is 0 Å². The molecular weight excluding hydrogens is 218 g/mol. The number of carboxylic acids is 1. The summed E-state index contributed by atoms with van der Waals surface area (Å²) < 4.78 is 0. The molecule has 0 radical (unpaired) electrons. The van der Waals surface area contributed by atoms with Crippen molar-refractivity contribution in [2.45, 2.75) is 57.9 Å². The van der Waals surface area contributed by atoms with Crippen LogP contribution in [0.2, 0.25) is 0 Å². The molecule has 0 aromatic carbocycles. The Morgan fingerprint density at radius 3 is 2.24 bits per heavy atom. The van der Waals surface area contributed by atoms with Gasteiger partial charge in [0.1, 0.15) is 5.41 Å². The zero-order chi connectivity index (χ0) is 12.5. The number of hydrogen-bond acceptors (Lipinski definition) is 2. The molecule has 2 fully saturated rings. The Kier molecular flexibility index (Phi) is 3.40. The minimum atomic E-state index is -1.08. The third kappa shape index (κ3) is 2.45. The van der Waals surface area contributed by atoms with Crippen LogP contribution >= 0.6 is 0 Å². The first-order valence-corrected chi connectivity index (χ1v) is 6.63. The molecule has 2 aliphatic rings. The molecule has 4 heteroatoms. The van der Waals surface area contributed by atoms with Crippen LogP contribution in [0.15, 0.2) is 0 Å². The molecule has 17 heavy (non-hydrogen) atoms. The highest BCUT2D eigenvalue weighted by Crippen LogP contribution is 2.46. The molecule has 2 saturated carbocycles. The van der Waals surface area contributed by atoms with Crippen LogP contribution in [-0.4, -0.2) is 23.0 Å². The zero-order valence-corrected chi connectivity index (χ0v) is 10.4. The lowest BCUT2D eigenvalue weighted by molar-refractivity contribution is -0.149. The molecule has 2 rings (SSSR count). The van der Waals surface area contributed by atoms with Crippen LogP contribution in [-0.2, 0) is 9.59 Å². The molecule has 0 atom stereocenters. The Labute approximate surface area is 102 Å². The molecule has 0 aromatic heterocycles. The van der Waals surface area contributed by atoms with Crippen LogP contribution in [0.1, 0.15) is 51.9 Å². The lowest BCUT2D eigenvalue weighted by atomic mass is 9.84. The van der Waals surface area contributed by atoms with Crippen molar-refractivity contribution in [3.8, 4) is 0 Å². The van der Waals surface area contributed by atoms with Gasteiger partial charge in [0.05, 0.1) is 0 Å². The van der Waals surface area contributed by atoms with Crippen molar-refractivity contribution in [3.05, 3.63) is 0 Å². The van der Waals surface area contributed by atoms with E-state index in [0.717, 1.165) is 31.6 Å². The third-order valence-corrected chi connectivity index (χ3v) is 4.35. The van der Waals surface area contributed by atoms with Gasteiger partial charge in [-0.3, -0.25) is 9.59 Å². The molecule has 0 heterocycles. The number of carbonyl (C=O) groups is 2. The van der Waals surface area contributed by atoms with Crippen molar-refractivity contribution in [2.24, 2.45) is 11.3 Å². The van der Waals surface area contributed by atoms with Gasteiger partial charge in [-0.05, 0) is 44.4 Å². The summed E-state index contributed by atoms with van der Waals surface area (Å²) in [6.07, 6.45) is 6.51. The maximum Gasteiger partial charge on any atom is 0.319 e. The second kappa shape index (κ2) is 4.67. The summed E-state index contributed by atoms with van der Waals surface area (Å²) in [7, 11) is 0. The van der Waals surface area contributed by atoms with E-state index >= 15 is 0 Å². The molecular formula is C13H21NO3. The van der Waals surface area contributed by atoms with Crippen LogP contribution in [0.25, 0.3) is 0 Å². The van der Waals surface area contributed by atoms with Crippen molar-refractivity contribution in [2.75, 3.05) is 0 Å². The fourth-order valence-electron chi connectivity index (χ4n) is 2.70. The van der Waals surface area contributed by atoms with Gasteiger partial charge in [-0.15, -0.1) is 0 Å². The van der Waals surface area contributed by atoms with Gasteiger partial charge in [-0.1, -0.05) is 13.3 Å². The third-order valence-electron chi connectivity index (χ3n) is 4.35. The quantitative estimate of drug-likeness (QED) is 0.737. The first kappa shape index (κ1) is 12.4. The first-order valence-electron chi connectivity index (χ1n) is 6.63. The van der Waals surface area contributed by atoms with Crippen LogP contribution in [0.5, 0.6) is 0 Å². The Balaban J connectivity index is 1.82. The number of aliphatic carboxylic acids is 1. The summed E-state index contributed by atoms with van der Waals surface area (Å²) in [4.78, 5) is 22.9.